The molecular formula is C11H9F6NS. The molecule has 0 unspecified atom stereocenters. The van der Waals surface area contributed by atoms with E-state index in [4.69, 9.17) is 12.2 Å². The number of thiocarbonyl (C=S) groups is 1. The summed E-state index contributed by atoms with van der Waals surface area (Å²) >= 11 is 4.74. The van der Waals surface area contributed by atoms with Crippen molar-refractivity contribution in [2.75, 3.05) is 7.05 Å². The molecule has 0 aliphatic carbocycles. The fraction of sp³-hybridized carbons (Fsp3) is 0.364. The van der Waals surface area contributed by atoms with Crippen LogP contribution in [0, 0.1) is 0 Å². The summed E-state index contributed by atoms with van der Waals surface area (Å²) in [6.07, 6.45) is -9.85. The van der Waals surface area contributed by atoms with Gasteiger partial charge >= 0.3 is 12.4 Å². The SMILES string of the molecule is CNC(=S)Cc1cc(C(F)(F)F)cc(C(F)(F)F)c1. The molecule has 0 spiro atoms. The lowest BCUT2D eigenvalue weighted by Crippen LogP contribution is -2.19. The summed E-state index contributed by atoms with van der Waals surface area (Å²) in [6.45, 7) is 0. The molecular weight excluding hydrogens is 292 g/mol. The monoisotopic (exact) mass is 301 g/mol. The molecule has 0 aromatic heterocycles. The number of hydrogen-bond donors (Lipinski definition) is 1. The third-order valence-electron chi connectivity index (χ3n) is 2.29. The van der Waals surface area contributed by atoms with Crippen LogP contribution in [-0.4, -0.2) is 12.0 Å². The summed E-state index contributed by atoms with van der Waals surface area (Å²) in [5, 5.41) is 2.50. The molecule has 0 saturated heterocycles. The maximum absolute atomic E-state index is 12.5. The van der Waals surface area contributed by atoms with Gasteiger partial charge in [0, 0.05) is 13.5 Å². The van der Waals surface area contributed by atoms with E-state index in [1.807, 2.05) is 0 Å². The van der Waals surface area contributed by atoms with Crippen molar-refractivity contribution in [1.29, 1.82) is 0 Å². The second-order valence-corrected chi connectivity index (χ2v) is 4.26. The Morgan fingerprint density at radius 1 is 1.00 bits per heavy atom. The first kappa shape index (κ1) is 15.7. The van der Waals surface area contributed by atoms with Crippen LogP contribution in [-0.2, 0) is 18.8 Å². The van der Waals surface area contributed by atoms with Gasteiger partial charge in [-0.1, -0.05) is 12.2 Å². The second-order valence-electron chi connectivity index (χ2n) is 3.76. The first-order valence-electron chi connectivity index (χ1n) is 5.03. The fourth-order valence-electron chi connectivity index (χ4n) is 1.40. The van der Waals surface area contributed by atoms with E-state index < -0.39 is 23.5 Å². The molecule has 1 aromatic rings. The normalized spacial score (nSPS) is 12.4. The molecule has 8 heteroatoms. The Morgan fingerprint density at radius 2 is 1.42 bits per heavy atom. The Morgan fingerprint density at radius 3 is 1.74 bits per heavy atom. The van der Waals surface area contributed by atoms with E-state index in [1.54, 1.807) is 0 Å². The van der Waals surface area contributed by atoms with Gasteiger partial charge in [-0.2, -0.15) is 26.3 Å². The van der Waals surface area contributed by atoms with Crippen LogP contribution in [0.25, 0.3) is 0 Å². The predicted molar refractivity (Wildman–Crippen MR) is 61.8 cm³/mol. The molecule has 0 heterocycles. The first-order valence-corrected chi connectivity index (χ1v) is 5.44. The average molecular weight is 301 g/mol. The third-order valence-corrected chi connectivity index (χ3v) is 2.64. The molecule has 0 saturated carbocycles. The molecule has 0 amide bonds. The van der Waals surface area contributed by atoms with Crippen LogP contribution in [0.3, 0.4) is 0 Å². The van der Waals surface area contributed by atoms with Crippen molar-refractivity contribution in [1.82, 2.24) is 5.32 Å². The molecule has 0 fully saturated rings. The van der Waals surface area contributed by atoms with Gasteiger partial charge in [0.15, 0.2) is 0 Å². The number of rotatable bonds is 2. The standard InChI is InChI=1S/C11H9F6NS/c1-18-9(19)4-6-2-7(10(12,13)14)5-8(3-6)11(15,16)17/h2-3,5H,4H2,1H3,(H,18,19). The summed E-state index contributed by atoms with van der Waals surface area (Å²) in [5.74, 6) is 0. The minimum Gasteiger partial charge on any atom is -0.382 e. The Bertz CT molecular complexity index is 445. The van der Waals surface area contributed by atoms with Gasteiger partial charge in [-0.15, -0.1) is 0 Å². The van der Waals surface area contributed by atoms with E-state index in [0.29, 0.717) is 12.1 Å². The van der Waals surface area contributed by atoms with Crippen LogP contribution in [0.4, 0.5) is 26.3 Å². The van der Waals surface area contributed by atoms with Gasteiger partial charge in [-0.3, -0.25) is 0 Å². The van der Waals surface area contributed by atoms with Crippen molar-refractivity contribution in [3.8, 4) is 0 Å². The van der Waals surface area contributed by atoms with Crippen LogP contribution >= 0.6 is 12.2 Å². The smallest absolute Gasteiger partial charge is 0.382 e. The van der Waals surface area contributed by atoms with Crippen molar-refractivity contribution in [3.05, 3.63) is 34.9 Å². The minimum absolute atomic E-state index is 0.0892. The average Bonchev–Trinajstić information content (AvgIpc) is 2.26. The van der Waals surface area contributed by atoms with E-state index in [2.05, 4.69) is 5.32 Å². The summed E-state index contributed by atoms with van der Waals surface area (Å²) in [4.78, 5) is 0.160. The number of benzene rings is 1. The van der Waals surface area contributed by atoms with E-state index in [-0.39, 0.29) is 23.0 Å². The lowest BCUT2D eigenvalue weighted by atomic mass is 10.0. The molecule has 1 nitrogen and oxygen atoms in total. The molecule has 19 heavy (non-hydrogen) atoms. The molecule has 106 valence electrons. The Kier molecular flexibility index (Phi) is 4.44. The fourth-order valence-corrected chi connectivity index (χ4v) is 1.56. The molecule has 0 bridgehead atoms. The zero-order valence-electron chi connectivity index (χ0n) is 9.62. The summed E-state index contributed by atoms with van der Waals surface area (Å²) in [5.41, 5.74) is -2.81. The quantitative estimate of drug-likeness (QED) is 0.658. The molecule has 0 aliphatic heterocycles. The number of alkyl halides is 6. The van der Waals surface area contributed by atoms with Crippen LogP contribution in [0.2, 0.25) is 0 Å². The topological polar surface area (TPSA) is 12.0 Å². The van der Waals surface area contributed by atoms with Crippen molar-refractivity contribution >= 4 is 17.2 Å². The highest BCUT2D eigenvalue weighted by Crippen LogP contribution is 2.36. The van der Waals surface area contributed by atoms with Crippen LogP contribution in [0.15, 0.2) is 18.2 Å². The minimum atomic E-state index is -4.84. The lowest BCUT2D eigenvalue weighted by molar-refractivity contribution is -0.143. The highest BCUT2D eigenvalue weighted by atomic mass is 32.1. The molecule has 0 atom stereocenters. The molecule has 0 radical (unpaired) electrons. The van der Waals surface area contributed by atoms with Crippen molar-refractivity contribution < 1.29 is 26.3 Å². The van der Waals surface area contributed by atoms with E-state index in [9.17, 15) is 26.3 Å². The van der Waals surface area contributed by atoms with Gasteiger partial charge in [0.2, 0.25) is 0 Å². The van der Waals surface area contributed by atoms with E-state index in [1.165, 1.54) is 7.05 Å². The lowest BCUT2D eigenvalue weighted by Gasteiger charge is -2.14. The van der Waals surface area contributed by atoms with E-state index in [0.717, 1.165) is 0 Å². The number of hydrogen-bond acceptors (Lipinski definition) is 1. The van der Waals surface area contributed by atoms with Crippen molar-refractivity contribution in [3.63, 3.8) is 0 Å². The zero-order chi connectivity index (χ0) is 14.8. The maximum atomic E-state index is 12.5. The van der Waals surface area contributed by atoms with Crippen LogP contribution in [0.1, 0.15) is 16.7 Å². The predicted octanol–water partition coefficient (Wildman–Crippen LogP) is 3.81. The molecule has 1 aromatic carbocycles. The molecule has 0 aliphatic rings. The molecule has 1 rings (SSSR count). The van der Waals surface area contributed by atoms with Gasteiger partial charge in [0.1, 0.15) is 0 Å². The highest BCUT2D eigenvalue weighted by molar-refractivity contribution is 7.80. The largest absolute Gasteiger partial charge is 0.416 e. The van der Waals surface area contributed by atoms with Crippen molar-refractivity contribution in [2.24, 2.45) is 0 Å². The second kappa shape index (κ2) is 5.36. The summed E-state index contributed by atoms with van der Waals surface area (Å²) in [7, 11) is 1.45. The van der Waals surface area contributed by atoms with Gasteiger partial charge < -0.3 is 5.32 Å². The number of halogens is 6. The Hall–Kier alpha value is -1.31. The number of nitrogens with one attached hydrogen (secondary N) is 1. The van der Waals surface area contributed by atoms with E-state index >= 15 is 0 Å². The molecule has 1 N–H and O–H groups in total. The first-order chi connectivity index (χ1) is 8.54. The zero-order valence-corrected chi connectivity index (χ0v) is 10.4. The summed E-state index contributed by atoms with van der Waals surface area (Å²) < 4.78 is 75.2. The Balaban J connectivity index is 3.29. The highest BCUT2D eigenvalue weighted by Gasteiger charge is 2.36. The number of likely N-dealkylation sites (N-methyl/N-ethyl adjacent to an activating group) is 1. The van der Waals surface area contributed by atoms with Crippen molar-refractivity contribution in [2.45, 2.75) is 18.8 Å². The van der Waals surface area contributed by atoms with Gasteiger partial charge in [0.25, 0.3) is 0 Å². The van der Waals surface area contributed by atoms with Crippen LogP contribution < -0.4 is 5.32 Å². The third kappa shape index (κ3) is 4.38. The van der Waals surface area contributed by atoms with Gasteiger partial charge in [-0.25, -0.2) is 0 Å². The maximum Gasteiger partial charge on any atom is 0.416 e. The van der Waals surface area contributed by atoms with Gasteiger partial charge in [-0.05, 0) is 23.8 Å². The van der Waals surface area contributed by atoms with Crippen LogP contribution in [0.5, 0.6) is 0 Å². The van der Waals surface area contributed by atoms with Gasteiger partial charge in [0.05, 0.1) is 16.1 Å². The Labute approximate surface area is 110 Å². The summed E-state index contributed by atoms with van der Waals surface area (Å²) in [6, 6.07) is 1.42.